The molecule has 0 unspecified atom stereocenters. The maximum absolute atomic E-state index is 11.7. The van der Waals surface area contributed by atoms with Crippen LogP contribution in [0, 0.1) is 10.1 Å². The van der Waals surface area contributed by atoms with E-state index in [9.17, 15) is 24.8 Å². The van der Waals surface area contributed by atoms with Crippen molar-refractivity contribution >= 4 is 17.3 Å². The third-order valence-electron chi connectivity index (χ3n) is 2.28. The molecule has 98 valence electrons. The number of phenols is 1. The van der Waals surface area contributed by atoms with Gasteiger partial charge in [-0.15, -0.1) is 0 Å². The van der Waals surface area contributed by atoms with E-state index in [4.69, 9.17) is 0 Å². The number of non-ortho nitro benzene ring substituents is 1. The van der Waals surface area contributed by atoms with Crippen molar-refractivity contribution in [1.82, 2.24) is 9.97 Å². The number of rotatable bonds is 3. The van der Waals surface area contributed by atoms with Gasteiger partial charge in [0.2, 0.25) is 0 Å². The summed E-state index contributed by atoms with van der Waals surface area (Å²) >= 11 is 0. The van der Waals surface area contributed by atoms with Crippen molar-refractivity contribution in [3.63, 3.8) is 0 Å². The Bertz CT molecular complexity index is 702. The van der Waals surface area contributed by atoms with Gasteiger partial charge in [-0.25, -0.2) is 4.79 Å². The monoisotopic (exact) mass is 264 g/mol. The molecule has 1 amide bonds. The molecular weight excluding hydrogens is 256 g/mol. The predicted molar refractivity (Wildman–Crippen MR) is 64.1 cm³/mol. The molecule has 2 aromatic rings. The topological polar surface area (TPSA) is 141 Å². The Balaban J connectivity index is 2.22. The van der Waals surface area contributed by atoms with Crippen molar-refractivity contribution in [1.29, 1.82) is 0 Å². The first-order valence-corrected chi connectivity index (χ1v) is 5.04. The molecule has 1 aromatic carbocycles. The first-order chi connectivity index (χ1) is 8.97. The summed E-state index contributed by atoms with van der Waals surface area (Å²) in [6, 6.07) is 3.24. The summed E-state index contributed by atoms with van der Waals surface area (Å²) in [5, 5.41) is 22.3. The molecule has 0 aliphatic carbocycles. The first-order valence-electron chi connectivity index (χ1n) is 5.04. The molecule has 9 nitrogen and oxygen atoms in total. The molecule has 1 heterocycles. The Morgan fingerprint density at radius 2 is 2.16 bits per heavy atom. The fourth-order valence-corrected chi connectivity index (χ4v) is 1.38. The normalized spacial score (nSPS) is 10.1. The second-order valence-electron chi connectivity index (χ2n) is 3.57. The Morgan fingerprint density at radius 3 is 2.68 bits per heavy atom. The summed E-state index contributed by atoms with van der Waals surface area (Å²) < 4.78 is 0. The van der Waals surface area contributed by atoms with Gasteiger partial charge < -0.3 is 20.4 Å². The largest absolute Gasteiger partial charge is 0.506 e. The van der Waals surface area contributed by atoms with E-state index in [1.165, 1.54) is 12.3 Å². The van der Waals surface area contributed by atoms with Gasteiger partial charge in [0.1, 0.15) is 11.4 Å². The van der Waals surface area contributed by atoms with Gasteiger partial charge in [0.15, 0.2) is 0 Å². The van der Waals surface area contributed by atoms with E-state index in [2.05, 4.69) is 15.3 Å². The molecular formula is C10H8N4O5. The van der Waals surface area contributed by atoms with Crippen molar-refractivity contribution in [3.8, 4) is 5.75 Å². The van der Waals surface area contributed by atoms with Crippen LogP contribution in [0.3, 0.4) is 0 Å². The SMILES string of the molecule is O=C(Nc1ccc([N+](=O)[O-])cc1O)c1c[nH]c(=O)[nH]1. The number of aromatic amines is 2. The van der Waals surface area contributed by atoms with Crippen LogP contribution < -0.4 is 11.0 Å². The lowest BCUT2D eigenvalue weighted by molar-refractivity contribution is -0.384. The standard InChI is InChI=1S/C10H8N4O5/c15-8-3-5(14(18)19)1-2-6(8)12-9(16)7-4-11-10(17)13-7/h1-4,15H,(H,12,16)(H2,11,13,17). The average Bonchev–Trinajstić information content (AvgIpc) is 2.78. The summed E-state index contributed by atoms with van der Waals surface area (Å²) in [6.45, 7) is 0. The van der Waals surface area contributed by atoms with Gasteiger partial charge in [0.05, 0.1) is 16.7 Å². The highest BCUT2D eigenvalue weighted by Crippen LogP contribution is 2.27. The number of imidazole rings is 1. The van der Waals surface area contributed by atoms with Crippen LogP contribution in [0.5, 0.6) is 5.75 Å². The van der Waals surface area contributed by atoms with Crippen LogP contribution in [-0.2, 0) is 0 Å². The number of phenolic OH excluding ortho intramolecular Hbond substituents is 1. The lowest BCUT2D eigenvalue weighted by Crippen LogP contribution is -2.14. The first kappa shape index (κ1) is 12.4. The molecule has 2 rings (SSSR count). The van der Waals surface area contributed by atoms with Gasteiger partial charge in [-0.2, -0.15) is 0 Å². The second kappa shape index (κ2) is 4.64. The van der Waals surface area contributed by atoms with E-state index in [-0.39, 0.29) is 17.1 Å². The Labute approximate surface area is 105 Å². The third-order valence-corrected chi connectivity index (χ3v) is 2.28. The Kier molecular flexibility index (Phi) is 3.02. The van der Waals surface area contributed by atoms with Crippen molar-refractivity contribution < 1.29 is 14.8 Å². The van der Waals surface area contributed by atoms with Crippen LogP contribution in [-0.4, -0.2) is 25.9 Å². The molecule has 0 spiro atoms. The highest BCUT2D eigenvalue weighted by Gasteiger charge is 2.14. The van der Waals surface area contributed by atoms with Crippen LogP contribution in [0.2, 0.25) is 0 Å². The van der Waals surface area contributed by atoms with Crippen LogP contribution in [0.15, 0.2) is 29.2 Å². The highest BCUT2D eigenvalue weighted by molar-refractivity contribution is 6.03. The number of anilines is 1. The molecule has 0 aliphatic heterocycles. The average molecular weight is 264 g/mol. The van der Waals surface area contributed by atoms with E-state index in [0.717, 1.165) is 12.1 Å². The molecule has 0 bridgehead atoms. The molecule has 0 atom stereocenters. The van der Waals surface area contributed by atoms with E-state index in [0.29, 0.717) is 0 Å². The van der Waals surface area contributed by atoms with Crippen LogP contribution in [0.25, 0.3) is 0 Å². The van der Waals surface area contributed by atoms with Crippen LogP contribution in [0.4, 0.5) is 11.4 Å². The number of benzene rings is 1. The lowest BCUT2D eigenvalue weighted by Gasteiger charge is -2.05. The molecule has 1 aromatic heterocycles. The number of aromatic hydroxyl groups is 1. The molecule has 4 N–H and O–H groups in total. The number of H-pyrrole nitrogens is 2. The van der Waals surface area contributed by atoms with Crippen LogP contribution >= 0.6 is 0 Å². The minimum Gasteiger partial charge on any atom is -0.506 e. The maximum atomic E-state index is 11.7. The molecule has 0 fully saturated rings. The van der Waals surface area contributed by atoms with Gasteiger partial charge in [0.25, 0.3) is 11.6 Å². The van der Waals surface area contributed by atoms with Crippen molar-refractivity contribution in [2.45, 2.75) is 0 Å². The van der Waals surface area contributed by atoms with E-state index < -0.39 is 22.3 Å². The number of nitrogens with zero attached hydrogens (tertiary/aromatic N) is 1. The summed E-state index contributed by atoms with van der Waals surface area (Å²) in [5.41, 5.74) is -0.871. The van der Waals surface area contributed by atoms with Crippen molar-refractivity contribution in [2.24, 2.45) is 0 Å². The zero-order chi connectivity index (χ0) is 14.0. The van der Waals surface area contributed by atoms with Gasteiger partial charge in [0, 0.05) is 12.3 Å². The van der Waals surface area contributed by atoms with Crippen molar-refractivity contribution in [2.75, 3.05) is 5.32 Å². The number of carbonyl (C=O) groups excluding carboxylic acids is 1. The molecule has 0 radical (unpaired) electrons. The van der Waals surface area contributed by atoms with E-state index in [1.807, 2.05) is 0 Å². The predicted octanol–water partition coefficient (Wildman–Crippen LogP) is 0.569. The number of carbonyl (C=O) groups is 1. The fraction of sp³-hybridized carbons (Fsp3) is 0. The molecule has 19 heavy (non-hydrogen) atoms. The lowest BCUT2D eigenvalue weighted by atomic mass is 10.2. The smallest absolute Gasteiger partial charge is 0.323 e. The second-order valence-corrected chi connectivity index (χ2v) is 3.57. The number of amides is 1. The number of nitro benzene ring substituents is 1. The van der Waals surface area contributed by atoms with Gasteiger partial charge >= 0.3 is 5.69 Å². The zero-order valence-electron chi connectivity index (χ0n) is 9.34. The summed E-state index contributed by atoms with van der Waals surface area (Å²) in [4.78, 5) is 36.8. The summed E-state index contributed by atoms with van der Waals surface area (Å²) in [6.07, 6.45) is 1.17. The minimum absolute atomic E-state index is 0.00218. The van der Waals surface area contributed by atoms with E-state index >= 15 is 0 Å². The third kappa shape index (κ3) is 2.60. The number of nitrogens with one attached hydrogen (secondary N) is 3. The van der Waals surface area contributed by atoms with Gasteiger partial charge in [-0.3, -0.25) is 14.9 Å². The van der Waals surface area contributed by atoms with Crippen LogP contribution in [0.1, 0.15) is 10.5 Å². The number of hydrogen-bond acceptors (Lipinski definition) is 5. The maximum Gasteiger partial charge on any atom is 0.323 e. The molecule has 0 saturated heterocycles. The molecule has 0 aliphatic rings. The Morgan fingerprint density at radius 1 is 1.42 bits per heavy atom. The fourth-order valence-electron chi connectivity index (χ4n) is 1.38. The summed E-state index contributed by atoms with van der Waals surface area (Å²) in [7, 11) is 0. The number of nitro groups is 1. The van der Waals surface area contributed by atoms with Gasteiger partial charge in [-0.1, -0.05) is 0 Å². The summed E-state index contributed by atoms with van der Waals surface area (Å²) in [5.74, 6) is -1.11. The molecule has 0 saturated carbocycles. The Hall–Kier alpha value is -3.10. The number of aromatic nitrogens is 2. The van der Waals surface area contributed by atoms with E-state index in [1.54, 1.807) is 0 Å². The number of hydrogen-bond donors (Lipinski definition) is 4. The zero-order valence-corrected chi connectivity index (χ0v) is 9.34. The quantitative estimate of drug-likeness (QED) is 0.364. The van der Waals surface area contributed by atoms with Gasteiger partial charge in [-0.05, 0) is 6.07 Å². The minimum atomic E-state index is -0.672. The molecule has 9 heteroatoms. The highest BCUT2D eigenvalue weighted by atomic mass is 16.6. The van der Waals surface area contributed by atoms with Crippen molar-refractivity contribution in [3.05, 3.63) is 50.7 Å².